The summed E-state index contributed by atoms with van der Waals surface area (Å²) in [5, 5.41) is 14.2. The molecular formula is C23H25BrCl3N3O3S. The molecule has 0 radical (unpaired) electrons. The van der Waals surface area contributed by atoms with Crippen LogP contribution in [0.25, 0.3) is 10.9 Å². The molecule has 2 heterocycles. The van der Waals surface area contributed by atoms with Crippen molar-refractivity contribution in [2.45, 2.75) is 48.6 Å². The Morgan fingerprint density at radius 2 is 2.00 bits per heavy atom. The second-order valence-corrected chi connectivity index (χ2v) is 10.2. The number of nitrogens with one attached hydrogen (secondary N) is 1. The van der Waals surface area contributed by atoms with Gasteiger partial charge in [0.25, 0.3) is 5.56 Å². The summed E-state index contributed by atoms with van der Waals surface area (Å²) in [4.78, 5) is 30.7. The molecule has 0 saturated carbocycles. The van der Waals surface area contributed by atoms with Gasteiger partial charge in [-0.1, -0.05) is 39.7 Å². The van der Waals surface area contributed by atoms with Gasteiger partial charge in [-0.25, -0.2) is 4.98 Å². The number of nitrogens with zero attached hydrogens (tertiary/aromatic N) is 2. The quantitative estimate of drug-likeness (QED) is 0.366. The summed E-state index contributed by atoms with van der Waals surface area (Å²) in [6.07, 6.45) is 2.61. The highest BCUT2D eigenvalue weighted by Gasteiger charge is 2.25. The summed E-state index contributed by atoms with van der Waals surface area (Å²) < 4.78 is 2.35. The van der Waals surface area contributed by atoms with Gasteiger partial charge < -0.3 is 10.4 Å². The van der Waals surface area contributed by atoms with Crippen LogP contribution in [-0.2, 0) is 17.1 Å². The van der Waals surface area contributed by atoms with Crippen molar-refractivity contribution in [2.24, 2.45) is 0 Å². The normalized spacial score (nSPS) is 17.6. The van der Waals surface area contributed by atoms with Crippen LogP contribution >= 0.6 is 64.1 Å². The highest BCUT2D eigenvalue weighted by atomic mass is 79.9. The molecule has 1 saturated heterocycles. The number of aromatic nitrogens is 2. The molecule has 0 aliphatic carbocycles. The molecule has 2 unspecified atom stereocenters. The van der Waals surface area contributed by atoms with Gasteiger partial charge in [-0.05, 0) is 49.2 Å². The van der Waals surface area contributed by atoms with Crippen LogP contribution < -0.4 is 10.9 Å². The number of thioether (sulfide) groups is 1. The molecule has 34 heavy (non-hydrogen) atoms. The fourth-order valence-electron chi connectivity index (χ4n) is 3.77. The number of hydrogen-bond donors (Lipinski definition) is 2. The van der Waals surface area contributed by atoms with E-state index in [0.29, 0.717) is 28.1 Å². The van der Waals surface area contributed by atoms with Crippen molar-refractivity contribution in [2.75, 3.05) is 6.54 Å². The van der Waals surface area contributed by atoms with Crippen LogP contribution in [0.2, 0.25) is 5.02 Å². The van der Waals surface area contributed by atoms with Crippen LogP contribution in [0.15, 0.2) is 56.9 Å². The van der Waals surface area contributed by atoms with Gasteiger partial charge in [0.2, 0.25) is 0 Å². The van der Waals surface area contributed by atoms with Crippen LogP contribution in [0, 0.1) is 0 Å². The van der Waals surface area contributed by atoms with Gasteiger partial charge in [-0.15, -0.1) is 36.6 Å². The minimum atomic E-state index is -0.536. The van der Waals surface area contributed by atoms with E-state index in [2.05, 4.69) is 26.2 Å². The summed E-state index contributed by atoms with van der Waals surface area (Å²) >= 11 is 11.4. The van der Waals surface area contributed by atoms with E-state index in [1.165, 1.54) is 10.9 Å². The monoisotopic (exact) mass is 607 g/mol. The largest absolute Gasteiger partial charge is 0.391 e. The molecular weight excluding hydrogens is 585 g/mol. The van der Waals surface area contributed by atoms with Crippen molar-refractivity contribution in [3.05, 3.63) is 68.1 Å². The predicted octanol–water partition coefficient (Wildman–Crippen LogP) is 5.02. The number of rotatable bonds is 7. The van der Waals surface area contributed by atoms with E-state index in [1.807, 2.05) is 24.3 Å². The highest BCUT2D eigenvalue weighted by Crippen LogP contribution is 2.32. The van der Waals surface area contributed by atoms with Gasteiger partial charge in [0.1, 0.15) is 0 Å². The zero-order valence-electron chi connectivity index (χ0n) is 18.1. The molecule has 11 heteroatoms. The number of halogens is 4. The predicted molar refractivity (Wildman–Crippen MR) is 146 cm³/mol. The first-order valence-corrected chi connectivity index (χ1v) is 12.6. The second kappa shape index (κ2) is 13.3. The Kier molecular flexibility index (Phi) is 11.3. The maximum atomic E-state index is 13.0. The molecule has 1 aliphatic heterocycles. The van der Waals surface area contributed by atoms with E-state index >= 15 is 0 Å². The smallest absolute Gasteiger partial charge is 0.261 e. The lowest BCUT2D eigenvalue weighted by Crippen LogP contribution is -2.46. The van der Waals surface area contributed by atoms with Crippen molar-refractivity contribution < 1.29 is 9.90 Å². The Bertz CT molecular complexity index is 1190. The number of ketones is 1. The van der Waals surface area contributed by atoms with E-state index in [-0.39, 0.29) is 55.2 Å². The van der Waals surface area contributed by atoms with Gasteiger partial charge in [0.05, 0.1) is 34.9 Å². The van der Waals surface area contributed by atoms with Crippen LogP contribution in [-0.4, -0.2) is 39.1 Å². The lowest BCUT2D eigenvalue weighted by Gasteiger charge is -2.28. The zero-order valence-corrected chi connectivity index (χ0v) is 22.9. The first-order valence-electron chi connectivity index (χ1n) is 10.4. The third-order valence-corrected chi connectivity index (χ3v) is 7.61. The third kappa shape index (κ3) is 7.20. The fraction of sp³-hybridized carbons (Fsp3) is 0.348. The molecule has 2 N–H and O–H groups in total. The standard InChI is InChI=1S/C23H23BrClN3O3S.2ClH/c24-15-5-3-14(4-6-15)12-32-22-9-17-19(10-18(22)25)27-13-28(23(17)31)11-16(29)8-20-21(30)2-1-7-26-20;;/h3-6,9-10,13,20-21,26,30H,1-2,7-8,11-12H2;2*1H. The number of Topliss-reactive ketones (excluding diaryl/α,β-unsaturated/α-hetero) is 1. The topological polar surface area (TPSA) is 84.2 Å². The summed E-state index contributed by atoms with van der Waals surface area (Å²) in [5.74, 6) is 0.591. The number of benzene rings is 2. The number of fused-ring (bicyclic) bond motifs is 1. The molecule has 0 amide bonds. The highest BCUT2D eigenvalue weighted by molar-refractivity contribution is 9.10. The summed E-state index contributed by atoms with van der Waals surface area (Å²) in [6.45, 7) is 0.713. The number of carbonyl (C=O) groups is 1. The number of aliphatic hydroxyl groups excluding tert-OH is 1. The average Bonchev–Trinajstić information content (AvgIpc) is 2.77. The minimum absolute atomic E-state index is 0. The molecule has 2 aromatic carbocycles. The van der Waals surface area contributed by atoms with Crippen molar-refractivity contribution >= 4 is 80.8 Å². The molecule has 6 nitrogen and oxygen atoms in total. The lowest BCUT2D eigenvalue weighted by atomic mass is 9.97. The number of piperidine rings is 1. The molecule has 1 aliphatic rings. The van der Waals surface area contributed by atoms with Crippen molar-refractivity contribution in [3.8, 4) is 0 Å². The average molecular weight is 610 g/mol. The summed E-state index contributed by atoms with van der Waals surface area (Å²) in [7, 11) is 0. The van der Waals surface area contributed by atoms with E-state index in [0.717, 1.165) is 27.9 Å². The van der Waals surface area contributed by atoms with Gasteiger partial charge in [-0.3, -0.25) is 14.2 Å². The molecule has 1 fully saturated rings. The van der Waals surface area contributed by atoms with E-state index in [4.69, 9.17) is 11.6 Å². The van der Waals surface area contributed by atoms with Gasteiger partial charge >= 0.3 is 0 Å². The SMILES string of the molecule is Cl.Cl.O=C(CC1NCCCC1O)Cn1cnc2cc(Cl)c(SCc3ccc(Br)cc3)cc2c1=O. The molecule has 184 valence electrons. The van der Waals surface area contributed by atoms with Crippen molar-refractivity contribution in [3.63, 3.8) is 0 Å². The van der Waals surface area contributed by atoms with Crippen molar-refractivity contribution in [1.82, 2.24) is 14.9 Å². The van der Waals surface area contributed by atoms with E-state index < -0.39 is 6.10 Å². The third-order valence-electron chi connectivity index (χ3n) is 5.53. The van der Waals surface area contributed by atoms with Gasteiger partial charge in [-0.2, -0.15) is 0 Å². The molecule has 3 aromatic rings. The van der Waals surface area contributed by atoms with Crippen LogP contribution in [0.4, 0.5) is 0 Å². The van der Waals surface area contributed by atoms with Crippen LogP contribution in [0.5, 0.6) is 0 Å². The Hall–Kier alpha value is -1.13. The van der Waals surface area contributed by atoms with Gasteiger partial charge in [0, 0.05) is 27.6 Å². The maximum absolute atomic E-state index is 13.0. The molecule has 0 spiro atoms. The first kappa shape index (κ1) is 29.1. The Balaban J connectivity index is 0.00000204. The van der Waals surface area contributed by atoms with Crippen LogP contribution in [0.1, 0.15) is 24.8 Å². The van der Waals surface area contributed by atoms with E-state index in [9.17, 15) is 14.7 Å². The zero-order chi connectivity index (χ0) is 22.7. The number of carbonyl (C=O) groups excluding carboxylic acids is 1. The van der Waals surface area contributed by atoms with Crippen LogP contribution in [0.3, 0.4) is 0 Å². The molecule has 1 aromatic heterocycles. The molecule has 4 rings (SSSR count). The second-order valence-electron chi connectivity index (χ2n) is 7.91. The van der Waals surface area contributed by atoms with Gasteiger partial charge in [0.15, 0.2) is 5.78 Å². The molecule has 0 bridgehead atoms. The number of aliphatic hydroxyl groups is 1. The maximum Gasteiger partial charge on any atom is 0.261 e. The number of hydrogen-bond acceptors (Lipinski definition) is 6. The first-order chi connectivity index (χ1) is 15.4. The summed E-state index contributed by atoms with van der Waals surface area (Å²) in [6, 6.07) is 11.2. The fourth-order valence-corrected chi connectivity index (χ4v) is 5.27. The Labute approximate surface area is 227 Å². The Morgan fingerprint density at radius 3 is 2.71 bits per heavy atom. The lowest BCUT2D eigenvalue weighted by molar-refractivity contribution is -0.121. The summed E-state index contributed by atoms with van der Waals surface area (Å²) in [5.41, 5.74) is 1.37. The van der Waals surface area contributed by atoms with E-state index in [1.54, 1.807) is 23.9 Å². The molecule has 2 atom stereocenters. The Morgan fingerprint density at radius 1 is 1.26 bits per heavy atom. The van der Waals surface area contributed by atoms with Crippen molar-refractivity contribution in [1.29, 1.82) is 0 Å². The minimum Gasteiger partial charge on any atom is -0.391 e.